The molecule has 0 heterocycles. The molecule has 1 aromatic carbocycles. The van der Waals surface area contributed by atoms with Gasteiger partial charge in [-0.25, -0.2) is 0 Å². The van der Waals surface area contributed by atoms with Crippen molar-refractivity contribution in [3.8, 4) is 0 Å². The fourth-order valence-electron chi connectivity index (χ4n) is 2.33. The van der Waals surface area contributed by atoms with E-state index in [4.69, 9.17) is 5.11 Å². The first-order valence-corrected chi connectivity index (χ1v) is 6.76. The normalized spacial score (nSPS) is 17.2. The summed E-state index contributed by atoms with van der Waals surface area (Å²) < 4.78 is 1.10. The fourth-order valence-corrected chi connectivity index (χ4v) is 3.17. The van der Waals surface area contributed by atoms with E-state index >= 15 is 0 Å². The van der Waals surface area contributed by atoms with Gasteiger partial charge in [-0.1, -0.05) is 41.9 Å². The molecule has 0 saturated heterocycles. The van der Waals surface area contributed by atoms with Crippen molar-refractivity contribution in [2.75, 3.05) is 0 Å². The smallest absolute Gasteiger partial charge is 0.304 e. The van der Waals surface area contributed by atoms with Crippen LogP contribution in [0.3, 0.4) is 0 Å². The van der Waals surface area contributed by atoms with Gasteiger partial charge in [0.25, 0.3) is 0 Å². The molecule has 0 radical (unpaired) electrons. The second-order valence-electron chi connectivity index (χ2n) is 5.24. The molecule has 0 aliphatic heterocycles. The molecule has 0 amide bonds. The second-order valence-corrected chi connectivity index (χ2v) is 6.10. The minimum atomic E-state index is -0.702. The van der Waals surface area contributed by atoms with Crippen LogP contribution in [0.15, 0.2) is 22.7 Å². The lowest BCUT2D eigenvalue weighted by molar-refractivity contribution is -0.137. The van der Waals surface area contributed by atoms with Crippen LogP contribution in [0.1, 0.15) is 50.2 Å². The Morgan fingerprint density at radius 2 is 2.12 bits per heavy atom. The Balaban J connectivity index is 2.29. The molecule has 0 bridgehead atoms. The van der Waals surface area contributed by atoms with Crippen molar-refractivity contribution < 1.29 is 9.90 Å². The molecule has 1 N–H and O–H groups in total. The van der Waals surface area contributed by atoms with Gasteiger partial charge in [-0.3, -0.25) is 4.79 Å². The first-order chi connectivity index (χ1) is 7.94. The Morgan fingerprint density at radius 1 is 1.47 bits per heavy atom. The molecule has 2 nitrogen and oxygen atoms in total. The van der Waals surface area contributed by atoms with Crippen molar-refractivity contribution in [2.45, 2.75) is 44.4 Å². The van der Waals surface area contributed by atoms with Crippen LogP contribution in [0, 0.1) is 0 Å². The van der Waals surface area contributed by atoms with Gasteiger partial charge in [0.1, 0.15) is 0 Å². The average molecular weight is 297 g/mol. The lowest BCUT2D eigenvalue weighted by atomic mass is 9.90. The van der Waals surface area contributed by atoms with Crippen LogP contribution < -0.4 is 0 Å². The van der Waals surface area contributed by atoms with Crippen molar-refractivity contribution in [1.82, 2.24) is 0 Å². The molecule has 92 valence electrons. The molecule has 0 spiro atoms. The van der Waals surface area contributed by atoms with Gasteiger partial charge in [0.2, 0.25) is 0 Å². The summed E-state index contributed by atoms with van der Waals surface area (Å²) in [5, 5.41) is 8.95. The van der Waals surface area contributed by atoms with E-state index in [2.05, 4.69) is 48.0 Å². The Kier molecular flexibility index (Phi) is 3.30. The summed E-state index contributed by atoms with van der Waals surface area (Å²) in [6.45, 7) is 4.31. The van der Waals surface area contributed by atoms with Gasteiger partial charge in [0, 0.05) is 9.89 Å². The summed E-state index contributed by atoms with van der Waals surface area (Å²) in [6, 6.07) is 6.31. The van der Waals surface area contributed by atoms with Crippen molar-refractivity contribution in [1.29, 1.82) is 0 Å². The van der Waals surface area contributed by atoms with Crippen molar-refractivity contribution in [2.24, 2.45) is 0 Å². The summed E-state index contributed by atoms with van der Waals surface area (Å²) >= 11 is 3.59. The minimum absolute atomic E-state index is 0.0934. The van der Waals surface area contributed by atoms with Crippen LogP contribution >= 0.6 is 15.9 Å². The van der Waals surface area contributed by atoms with E-state index in [-0.39, 0.29) is 11.8 Å². The second kappa shape index (κ2) is 4.45. The number of hydrogen-bond donors (Lipinski definition) is 1. The molecule has 0 aromatic heterocycles. The molecule has 1 aliphatic rings. The molecule has 17 heavy (non-hydrogen) atoms. The fraction of sp³-hybridized carbons (Fsp3) is 0.500. The van der Waals surface area contributed by atoms with E-state index in [1.165, 1.54) is 5.56 Å². The van der Waals surface area contributed by atoms with E-state index in [0.29, 0.717) is 5.92 Å². The zero-order valence-electron chi connectivity index (χ0n) is 10.2. The molecule has 1 aliphatic carbocycles. The number of aliphatic carboxylic acids is 1. The van der Waals surface area contributed by atoms with Crippen LogP contribution in [0.2, 0.25) is 0 Å². The maximum absolute atomic E-state index is 10.9. The molecular formula is C14H17BrO2. The quantitative estimate of drug-likeness (QED) is 0.909. The van der Waals surface area contributed by atoms with Gasteiger partial charge in [-0.15, -0.1) is 0 Å². The highest BCUT2D eigenvalue weighted by atomic mass is 79.9. The number of carboxylic acid groups (broad SMARTS) is 1. The zero-order valence-corrected chi connectivity index (χ0v) is 11.8. The number of rotatable bonds is 4. The first-order valence-electron chi connectivity index (χ1n) is 5.96. The van der Waals surface area contributed by atoms with Crippen LogP contribution in [0.25, 0.3) is 0 Å². The summed E-state index contributed by atoms with van der Waals surface area (Å²) in [6.07, 6.45) is 2.24. The lowest BCUT2D eigenvalue weighted by Gasteiger charge is -2.16. The monoisotopic (exact) mass is 296 g/mol. The molecule has 1 saturated carbocycles. The SMILES string of the molecule is CC(C)c1ccc(C2(CC(=O)O)CC2)cc1Br. The summed E-state index contributed by atoms with van der Waals surface area (Å²) in [5.41, 5.74) is 2.35. The summed E-state index contributed by atoms with van der Waals surface area (Å²) in [4.78, 5) is 10.9. The predicted octanol–water partition coefficient (Wildman–Crippen LogP) is 4.08. The predicted molar refractivity (Wildman–Crippen MR) is 71.4 cm³/mol. The standard InChI is InChI=1S/C14H17BrO2/c1-9(2)11-4-3-10(7-12(11)15)14(5-6-14)8-13(16)17/h3-4,7,9H,5-6,8H2,1-2H3,(H,16,17). The highest BCUT2D eigenvalue weighted by Gasteiger charge is 2.46. The minimum Gasteiger partial charge on any atom is -0.481 e. The maximum Gasteiger partial charge on any atom is 0.304 e. The highest BCUT2D eigenvalue weighted by Crippen LogP contribution is 2.51. The first kappa shape index (κ1) is 12.6. The Bertz CT molecular complexity index is 448. The van der Waals surface area contributed by atoms with Gasteiger partial charge in [0.05, 0.1) is 6.42 Å². The number of halogens is 1. The van der Waals surface area contributed by atoms with Gasteiger partial charge < -0.3 is 5.11 Å². The Hall–Kier alpha value is -0.830. The Morgan fingerprint density at radius 3 is 2.53 bits per heavy atom. The summed E-state index contributed by atoms with van der Waals surface area (Å²) in [5.74, 6) is -0.223. The average Bonchev–Trinajstić information content (AvgIpc) is 2.97. The van der Waals surface area contributed by atoms with Gasteiger partial charge in [-0.05, 0) is 36.0 Å². The zero-order chi connectivity index (χ0) is 12.6. The van der Waals surface area contributed by atoms with E-state index in [1.54, 1.807) is 0 Å². The third-order valence-electron chi connectivity index (χ3n) is 3.58. The number of carboxylic acids is 1. The van der Waals surface area contributed by atoms with Crippen molar-refractivity contribution in [3.05, 3.63) is 33.8 Å². The molecule has 0 atom stereocenters. The molecule has 1 fully saturated rings. The molecule has 3 heteroatoms. The van der Waals surface area contributed by atoms with E-state index in [0.717, 1.165) is 22.9 Å². The Labute approximate surface area is 110 Å². The third-order valence-corrected chi connectivity index (χ3v) is 4.26. The molecular weight excluding hydrogens is 280 g/mol. The molecule has 1 aromatic rings. The lowest BCUT2D eigenvalue weighted by Crippen LogP contribution is -2.13. The number of carbonyl (C=O) groups is 1. The van der Waals surface area contributed by atoms with Crippen LogP contribution in [-0.4, -0.2) is 11.1 Å². The van der Waals surface area contributed by atoms with Crippen LogP contribution in [-0.2, 0) is 10.2 Å². The van der Waals surface area contributed by atoms with E-state index in [1.807, 2.05) is 0 Å². The van der Waals surface area contributed by atoms with Crippen molar-refractivity contribution in [3.63, 3.8) is 0 Å². The van der Waals surface area contributed by atoms with Gasteiger partial charge >= 0.3 is 5.97 Å². The highest BCUT2D eigenvalue weighted by molar-refractivity contribution is 9.10. The third kappa shape index (κ3) is 2.54. The topological polar surface area (TPSA) is 37.3 Å². The van der Waals surface area contributed by atoms with Gasteiger partial charge in [0.15, 0.2) is 0 Å². The van der Waals surface area contributed by atoms with Crippen LogP contribution in [0.5, 0.6) is 0 Å². The molecule has 2 rings (SSSR count). The molecule has 0 unspecified atom stereocenters. The summed E-state index contributed by atoms with van der Waals surface area (Å²) in [7, 11) is 0. The number of benzene rings is 1. The number of hydrogen-bond acceptors (Lipinski definition) is 1. The van der Waals surface area contributed by atoms with Gasteiger partial charge in [-0.2, -0.15) is 0 Å². The van der Waals surface area contributed by atoms with Crippen LogP contribution in [0.4, 0.5) is 0 Å². The van der Waals surface area contributed by atoms with E-state index < -0.39 is 5.97 Å². The maximum atomic E-state index is 10.9. The largest absolute Gasteiger partial charge is 0.481 e. The van der Waals surface area contributed by atoms with E-state index in [9.17, 15) is 4.79 Å². The van der Waals surface area contributed by atoms with Crippen molar-refractivity contribution >= 4 is 21.9 Å².